The first-order valence-corrected chi connectivity index (χ1v) is 5.79. The van der Waals surface area contributed by atoms with Crippen molar-refractivity contribution in [3.63, 3.8) is 0 Å². The molecule has 0 bridgehead atoms. The average Bonchev–Trinajstić information content (AvgIpc) is 2.67. The Morgan fingerprint density at radius 2 is 1.67 bits per heavy atom. The summed E-state index contributed by atoms with van der Waals surface area (Å²) in [5, 5.41) is 0.739. The standard InChI is InChI=1S/C12H17ClN2/c13-10-5-3-9(4-6-10)11(14)12(15)7-1-2-8-12/h3-6,11H,1-2,7-8,14-15H2. The molecule has 2 rings (SSSR count). The Bertz CT molecular complexity index is 328. The van der Waals surface area contributed by atoms with Crippen molar-refractivity contribution in [3.05, 3.63) is 34.9 Å². The van der Waals surface area contributed by atoms with Crippen LogP contribution in [0.2, 0.25) is 5.02 Å². The number of hydrogen-bond donors (Lipinski definition) is 2. The highest BCUT2D eigenvalue weighted by molar-refractivity contribution is 6.30. The third-order valence-corrected chi connectivity index (χ3v) is 3.63. The van der Waals surface area contributed by atoms with E-state index in [9.17, 15) is 0 Å². The van der Waals surface area contributed by atoms with Gasteiger partial charge in [-0.2, -0.15) is 0 Å². The van der Waals surface area contributed by atoms with Crippen molar-refractivity contribution in [1.82, 2.24) is 0 Å². The maximum Gasteiger partial charge on any atom is 0.0477 e. The van der Waals surface area contributed by atoms with E-state index < -0.39 is 0 Å². The maximum atomic E-state index is 6.31. The Balaban J connectivity index is 2.19. The van der Waals surface area contributed by atoms with Crippen molar-refractivity contribution in [2.24, 2.45) is 11.5 Å². The zero-order valence-corrected chi connectivity index (χ0v) is 9.50. The van der Waals surface area contributed by atoms with Crippen LogP contribution in [0.25, 0.3) is 0 Å². The Morgan fingerprint density at radius 3 is 2.20 bits per heavy atom. The predicted molar refractivity (Wildman–Crippen MR) is 63.8 cm³/mol. The molecule has 0 amide bonds. The molecule has 0 heterocycles. The third kappa shape index (κ3) is 2.17. The number of benzene rings is 1. The lowest BCUT2D eigenvalue weighted by Gasteiger charge is -2.31. The summed E-state index contributed by atoms with van der Waals surface area (Å²) in [6.07, 6.45) is 4.43. The molecule has 1 aliphatic carbocycles. The van der Waals surface area contributed by atoms with Crippen LogP contribution < -0.4 is 11.5 Å². The molecule has 82 valence electrons. The van der Waals surface area contributed by atoms with E-state index in [0.717, 1.165) is 23.4 Å². The van der Waals surface area contributed by atoms with Crippen LogP contribution in [0.4, 0.5) is 0 Å². The number of rotatable bonds is 2. The number of hydrogen-bond acceptors (Lipinski definition) is 2. The molecule has 0 aromatic heterocycles. The molecule has 0 saturated heterocycles. The van der Waals surface area contributed by atoms with E-state index in [1.165, 1.54) is 12.8 Å². The van der Waals surface area contributed by atoms with Gasteiger partial charge in [-0.1, -0.05) is 36.6 Å². The van der Waals surface area contributed by atoms with Gasteiger partial charge in [0.1, 0.15) is 0 Å². The Labute approximate surface area is 95.6 Å². The minimum Gasteiger partial charge on any atom is -0.323 e. The molecule has 1 saturated carbocycles. The van der Waals surface area contributed by atoms with Gasteiger partial charge >= 0.3 is 0 Å². The van der Waals surface area contributed by atoms with Crippen molar-refractivity contribution < 1.29 is 0 Å². The summed E-state index contributed by atoms with van der Waals surface area (Å²) in [5.74, 6) is 0. The molecular weight excluding hydrogens is 208 g/mol. The molecule has 15 heavy (non-hydrogen) atoms. The minimum absolute atomic E-state index is 0.0720. The molecule has 1 aliphatic rings. The van der Waals surface area contributed by atoms with Gasteiger partial charge in [0.25, 0.3) is 0 Å². The fraction of sp³-hybridized carbons (Fsp3) is 0.500. The SMILES string of the molecule is NC(c1ccc(Cl)cc1)C1(N)CCCC1. The van der Waals surface area contributed by atoms with E-state index in [-0.39, 0.29) is 11.6 Å². The molecule has 1 aromatic rings. The van der Waals surface area contributed by atoms with Crippen LogP contribution in [0.3, 0.4) is 0 Å². The second kappa shape index (κ2) is 4.12. The fourth-order valence-corrected chi connectivity index (χ4v) is 2.47. The highest BCUT2D eigenvalue weighted by Gasteiger charge is 2.36. The smallest absolute Gasteiger partial charge is 0.0477 e. The summed E-state index contributed by atoms with van der Waals surface area (Å²) >= 11 is 5.84. The van der Waals surface area contributed by atoms with Gasteiger partial charge in [0.05, 0.1) is 0 Å². The molecule has 0 aliphatic heterocycles. The second-order valence-corrected chi connectivity index (χ2v) is 4.91. The van der Waals surface area contributed by atoms with Crippen LogP contribution in [0, 0.1) is 0 Å². The van der Waals surface area contributed by atoms with E-state index in [0.29, 0.717) is 0 Å². The normalized spacial score (nSPS) is 21.5. The summed E-state index contributed by atoms with van der Waals surface area (Å²) in [5.41, 5.74) is 13.4. The number of halogens is 1. The van der Waals surface area contributed by atoms with Crippen LogP contribution in [0.15, 0.2) is 24.3 Å². The predicted octanol–water partition coefficient (Wildman–Crippen LogP) is 2.61. The first kappa shape index (κ1) is 10.9. The Kier molecular flexibility index (Phi) is 3.01. The van der Waals surface area contributed by atoms with Crippen molar-refractivity contribution in [1.29, 1.82) is 0 Å². The first-order chi connectivity index (χ1) is 7.12. The topological polar surface area (TPSA) is 52.0 Å². The van der Waals surface area contributed by atoms with Gasteiger partial charge in [-0.05, 0) is 30.5 Å². The number of nitrogens with two attached hydrogens (primary N) is 2. The van der Waals surface area contributed by atoms with Gasteiger partial charge in [0.15, 0.2) is 0 Å². The molecule has 1 fully saturated rings. The third-order valence-electron chi connectivity index (χ3n) is 3.38. The van der Waals surface area contributed by atoms with Crippen LogP contribution >= 0.6 is 11.6 Å². The monoisotopic (exact) mass is 224 g/mol. The van der Waals surface area contributed by atoms with Crippen molar-refractivity contribution in [2.75, 3.05) is 0 Å². The minimum atomic E-state index is -0.214. The zero-order valence-electron chi connectivity index (χ0n) is 8.75. The Morgan fingerprint density at radius 1 is 1.13 bits per heavy atom. The lowest BCUT2D eigenvalue weighted by Crippen LogP contribution is -2.47. The summed E-state index contributed by atoms with van der Waals surface area (Å²) in [4.78, 5) is 0. The lowest BCUT2D eigenvalue weighted by molar-refractivity contribution is 0.358. The summed E-state index contributed by atoms with van der Waals surface area (Å²) < 4.78 is 0. The van der Waals surface area contributed by atoms with Crippen LogP contribution in [0.1, 0.15) is 37.3 Å². The van der Waals surface area contributed by atoms with Gasteiger partial charge < -0.3 is 11.5 Å². The summed E-state index contributed by atoms with van der Waals surface area (Å²) in [6, 6.07) is 7.61. The van der Waals surface area contributed by atoms with Gasteiger partial charge in [-0.15, -0.1) is 0 Å². The zero-order chi connectivity index (χ0) is 10.9. The molecule has 1 atom stereocenters. The molecule has 0 radical (unpaired) electrons. The first-order valence-electron chi connectivity index (χ1n) is 5.42. The van der Waals surface area contributed by atoms with Gasteiger partial charge in [-0.3, -0.25) is 0 Å². The largest absolute Gasteiger partial charge is 0.323 e. The van der Waals surface area contributed by atoms with E-state index in [1.807, 2.05) is 24.3 Å². The molecule has 3 heteroatoms. The van der Waals surface area contributed by atoms with Crippen molar-refractivity contribution in [3.8, 4) is 0 Å². The molecule has 2 nitrogen and oxygen atoms in total. The van der Waals surface area contributed by atoms with Gasteiger partial charge in [-0.25, -0.2) is 0 Å². The molecule has 0 spiro atoms. The molecule has 1 aromatic carbocycles. The Hall–Kier alpha value is -0.570. The van der Waals surface area contributed by atoms with E-state index in [1.54, 1.807) is 0 Å². The van der Waals surface area contributed by atoms with Gasteiger partial charge in [0, 0.05) is 16.6 Å². The van der Waals surface area contributed by atoms with E-state index in [4.69, 9.17) is 23.1 Å². The van der Waals surface area contributed by atoms with E-state index >= 15 is 0 Å². The van der Waals surface area contributed by atoms with Crippen LogP contribution in [-0.2, 0) is 0 Å². The lowest BCUT2D eigenvalue weighted by atomic mass is 9.85. The van der Waals surface area contributed by atoms with Gasteiger partial charge in [0.2, 0.25) is 0 Å². The molecular formula is C12H17ClN2. The highest BCUT2D eigenvalue weighted by Crippen LogP contribution is 2.36. The van der Waals surface area contributed by atoms with Crippen LogP contribution in [-0.4, -0.2) is 5.54 Å². The van der Waals surface area contributed by atoms with Crippen molar-refractivity contribution >= 4 is 11.6 Å². The maximum absolute atomic E-state index is 6.31. The second-order valence-electron chi connectivity index (χ2n) is 4.47. The quantitative estimate of drug-likeness (QED) is 0.812. The fourth-order valence-electron chi connectivity index (χ4n) is 2.35. The molecule has 1 unspecified atom stereocenters. The highest BCUT2D eigenvalue weighted by atomic mass is 35.5. The van der Waals surface area contributed by atoms with E-state index in [2.05, 4.69) is 0 Å². The van der Waals surface area contributed by atoms with Crippen molar-refractivity contribution in [2.45, 2.75) is 37.3 Å². The summed E-state index contributed by atoms with van der Waals surface area (Å²) in [6.45, 7) is 0. The summed E-state index contributed by atoms with van der Waals surface area (Å²) in [7, 11) is 0. The molecule has 4 N–H and O–H groups in total. The average molecular weight is 225 g/mol. The van der Waals surface area contributed by atoms with Crippen LogP contribution in [0.5, 0.6) is 0 Å².